The van der Waals surface area contributed by atoms with Gasteiger partial charge in [-0.25, -0.2) is 4.68 Å². The number of amides is 1. The van der Waals surface area contributed by atoms with Crippen LogP contribution in [0.3, 0.4) is 0 Å². The van der Waals surface area contributed by atoms with Gasteiger partial charge in [0, 0.05) is 36.9 Å². The van der Waals surface area contributed by atoms with Gasteiger partial charge in [0.25, 0.3) is 5.91 Å². The summed E-state index contributed by atoms with van der Waals surface area (Å²) in [6.07, 6.45) is 9.72. The van der Waals surface area contributed by atoms with Crippen molar-refractivity contribution < 1.29 is 9.53 Å². The zero-order chi connectivity index (χ0) is 19.4. The van der Waals surface area contributed by atoms with Gasteiger partial charge in [0.2, 0.25) is 0 Å². The fourth-order valence-corrected chi connectivity index (χ4v) is 4.69. The van der Waals surface area contributed by atoms with Gasteiger partial charge in [-0.15, -0.1) is 0 Å². The van der Waals surface area contributed by atoms with Crippen molar-refractivity contribution in [2.45, 2.75) is 37.6 Å². The third-order valence-electron chi connectivity index (χ3n) is 5.99. The second kappa shape index (κ2) is 8.76. The highest BCUT2D eigenvalue weighted by Gasteiger charge is 2.38. The molecule has 4 rings (SSSR count). The number of ether oxygens (including phenoxy) is 1. The lowest BCUT2D eigenvalue weighted by Crippen LogP contribution is -2.59. The Morgan fingerprint density at radius 2 is 1.86 bits per heavy atom. The van der Waals surface area contributed by atoms with Gasteiger partial charge in [0.1, 0.15) is 0 Å². The summed E-state index contributed by atoms with van der Waals surface area (Å²) >= 11 is 3.40. The maximum atomic E-state index is 12.8. The number of hydrogen-bond acceptors (Lipinski definition) is 4. The minimum atomic E-state index is -0.00796. The highest BCUT2D eigenvalue weighted by Crippen LogP contribution is 2.34. The Hall–Kier alpha value is -1.70. The molecule has 1 aromatic carbocycles. The van der Waals surface area contributed by atoms with Gasteiger partial charge >= 0.3 is 0 Å². The van der Waals surface area contributed by atoms with Crippen LogP contribution in [0, 0.1) is 0 Å². The number of morpholine rings is 1. The number of aromatic nitrogens is 2. The van der Waals surface area contributed by atoms with Crippen LogP contribution in [0.25, 0.3) is 5.69 Å². The highest BCUT2D eigenvalue weighted by molar-refractivity contribution is 9.10. The molecule has 1 saturated carbocycles. The Morgan fingerprint density at radius 3 is 2.50 bits per heavy atom. The van der Waals surface area contributed by atoms with Crippen LogP contribution in [0.15, 0.2) is 41.1 Å². The molecule has 1 saturated heterocycles. The average Bonchev–Trinajstić information content (AvgIpc) is 3.20. The highest BCUT2D eigenvalue weighted by atomic mass is 79.9. The van der Waals surface area contributed by atoms with Crippen LogP contribution in [0.5, 0.6) is 0 Å². The third kappa shape index (κ3) is 4.31. The molecule has 150 valence electrons. The molecule has 0 radical (unpaired) electrons. The first-order chi connectivity index (χ1) is 13.7. The molecule has 0 spiro atoms. The van der Waals surface area contributed by atoms with Crippen molar-refractivity contribution >= 4 is 21.8 Å². The predicted molar refractivity (Wildman–Crippen MR) is 112 cm³/mol. The topological polar surface area (TPSA) is 59.4 Å². The van der Waals surface area contributed by atoms with E-state index in [-0.39, 0.29) is 11.4 Å². The van der Waals surface area contributed by atoms with Crippen LogP contribution in [-0.4, -0.2) is 59.0 Å². The summed E-state index contributed by atoms with van der Waals surface area (Å²) in [7, 11) is 0. The Bertz CT molecular complexity index is 793. The lowest BCUT2D eigenvalue weighted by molar-refractivity contribution is -0.0361. The van der Waals surface area contributed by atoms with E-state index >= 15 is 0 Å². The number of halogens is 1. The van der Waals surface area contributed by atoms with Gasteiger partial charge in [-0.1, -0.05) is 19.3 Å². The molecule has 1 aliphatic carbocycles. The van der Waals surface area contributed by atoms with Gasteiger partial charge in [-0.05, 0) is 53.0 Å². The monoisotopic (exact) mass is 446 g/mol. The molecule has 1 amide bonds. The van der Waals surface area contributed by atoms with E-state index in [9.17, 15) is 4.79 Å². The molecule has 7 heteroatoms. The second-order valence-corrected chi connectivity index (χ2v) is 8.63. The normalized spacial score (nSPS) is 20.0. The molecular formula is C21H27BrN4O2. The minimum Gasteiger partial charge on any atom is -0.379 e. The first kappa shape index (κ1) is 19.6. The zero-order valence-corrected chi connectivity index (χ0v) is 17.7. The predicted octanol–water partition coefficient (Wildman–Crippen LogP) is 3.40. The molecule has 1 aliphatic heterocycles. The zero-order valence-electron chi connectivity index (χ0n) is 16.1. The molecule has 0 bridgehead atoms. The Morgan fingerprint density at radius 1 is 1.14 bits per heavy atom. The van der Waals surface area contributed by atoms with Crippen molar-refractivity contribution in [3.8, 4) is 5.69 Å². The van der Waals surface area contributed by atoms with E-state index in [1.54, 1.807) is 10.9 Å². The number of carbonyl (C=O) groups excluding carboxylic acids is 1. The number of nitrogens with one attached hydrogen (secondary N) is 1. The van der Waals surface area contributed by atoms with Crippen LogP contribution in [0.1, 0.15) is 42.5 Å². The van der Waals surface area contributed by atoms with Crippen LogP contribution < -0.4 is 5.32 Å². The van der Waals surface area contributed by atoms with Crippen LogP contribution in [-0.2, 0) is 4.74 Å². The molecule has 1 aromatic heterocycles. The summed E-state index contributed by atoms with van der Waals surface area (Å²) < 4.78 is 8.25. The molecule has 2 fully saturated rings. The lowest BCUT2D eigenvalue weighted by atomic mass is 9.79. The molecule has 2 heterocycles. The summed E-state index contributed by atoms with van der Waals surface area (Å²) in [4.78, 5) is 15.3. The molecule has 28 heavy (non-hydrogen) atoms. The summed E-state index contributed by atoms with van der Waals surface area (Å²) in [6, 6.07) is 7.57. The fraction of sp³-hybridized carbons (Fsp3) is 0.524. The van der Waals surface area contributed by atoms with E-state index in [1.807, 2.05) is 30.5 Å². The van der Waals surface area contributed by atoms with E-state index in [0.29, 0.717) is 12.1 Å². The number of benzene rings is 1. The SMILES string of the molecule is O=C(NCC1(N2CCOCC2)CCCCC1)c1ccc(-n2cc(Br)cn2)cc1. The maximum Gasteiger partial charge on any atom is 0.251 e. The van der Waals surface area contributed by atoms with Crippen LogP contribution in [0.2, 0.25) is 0 Å². The number of hydrogen-bond donors (Lipinski definition) is 1. The molecule has 2 aromatic rings. The largest absolute Gasteiger partial charge is 0.379 e. The summed E-state index contributed by atoms with van der Waals surface area (Å²) in [5, 5.41) is 7.49. The summed E-state index contributed by atoms with van der Waals surface area (Å²) in [5.74, 6) is -0.00796. The van der Waals surface area contributed by atoms with Crippen molar-refractivity contribution in [3.05, 3.63) is 46.7 Å². The Kier molecular flexibility index (Phi) is 6.13. The Labute approximate surface area is 174 Å². The van der Waals surface area contributed by atoms with Gasteiger partial charge in [-0.2, -0.15) is 5.10 Å². The second-order valence-electron chi connectivity index (χ2n) is 7.72. The van der Waals surface area contributed by atoms with E-state index in [2.05, 4.69) is 31.2 Å². The van der Waals surface area contributed by atoms with E-state index in [1.165, 1.54) is 19.3 Å². The first-order valence-electron chi connectivity index (χ1n) is 10.1. The van der Waals surface area contributed by atoms with Crippen molar-refractivity contribution in [2.75, 3.05) is 32.8 Å². The standard InChI is InChI=1S/C21H27BrN4O2/c22-18-14-24-26(15-18)19-6-4-17(5-7-19)20(27)23-16-21(8-2-1-3-9-21)25-10-12-28-13-11-25/h4-7,14-15H,1-3,8-13,16H2,(H,23,27). The molecule has 1 N–H and O–H groups in total. The molecular weight excluding hydrogens is 420 g/mol. The number of rotatable bonds is 5. The van der Waals surface area contributed by atoms with Crippen LogP contribution >= 0.6 is 15.9 Å². The number of nitrogens with zero attached hydrogens (tertiary/aromatic N) is 3. The van der Waals surface area contributed by atoms with E-state index in [0.717, 1.165) is 49.3 Å². The van der Waals surface area contributed by atoms with Gasteiger partial charge in [0.15, 0.2) is 0 Å². The molecule has 0 atom stereocenters. The number of carbonyl (C=O) groups is 1. The molecule has 2 aliphatic rings. The summed E-state index contributed by atoms with van der Waals surface area (Å²) in [6.45, 7) is 4.22. The smallest absolute Gasteiger partial charge is 0.251 e. The molecule has 6 nitrogen and oxygen atoms in total. The van der Waals surface area contributed by atoms with Crippen molar-refractivity contribution in [2.24, 2.45) is 0 Å². The quantitative estimate of drug-likeness (QED) is 0.764. The van der Waals surface area contributed by atoms with Crippen LogP contribution in [0.4, 0.5) is 0 Å². The van der Waals surface area contributed by atoms with Crippen molar-refractivity contribution in [1.29, 1.82) is 0 Å². The minimum absolute atomic E-state index is 0.00796. The molecule has 0 unspecified atom stereocenters. The third-order valence-corrected chi connectivity index (χ3v) is 6.40. The Balaban J connectivity index is 1.41. The van der Waals surface area contributed by atoms with Gasteiger partial charge in [-0.3, -0.25) is 9.69 Å². The fourth-order valence-electron chi connectivity index (χ4n) is 4.41. The average molecular weight is 447 g/mol. The first-order valence-corrected chi connectivity index (χ1v) is 10.9. The maximum absolute atomic E-state index is 12.8. The summed E-state index contributed by atoms with van der Waals surface area (Å²) in [5.41, 5.74) is 1.70. The van der Waals surface area contributed by atoms with Crippen molar-refractivity contribution in [1.82, 2.24) is 20.0 Å². The van der Waals surface area contributed by atoms with Gasteiger partial charge in [0.05, 0.1) is 29.6 Å². The van der Waals surface area contributed by atoms with E-state index < -0.39 is 0 Å². The van der Waals surface area contributed by atoms with Gasteiger partial charge < -0.3 is 10.1 Å². The van der Waals surface area contributed by atoms with E-state index in [4.69, 9.17) is 4.74 Å². The lowest BCUT2D eigenvalue weighted by Gasteiger charge is -2.48. The van der Waals surface area contributed by atoms with Crippen molar-refractivity contribution in [3.63, 3.8) is 0 Å².